The summed E-state index contributed by atoms with van der Waals surface area (Å²) in [7, 11) is 2.23. The molecule has 0 aromatic carbocycles. The second kappa shape index (κ2) is 4.42. The maximum Gasteiger partial charge on any atom is 0.0202 e. The average Bonchev–Trinajstić information content (AvgIpc) is 2.27. The van der Waals surface area contributed by atoms with Gasteiger partial charge in [0.1, 0.15) is 0 Å². The Morgan fingerprint density at radius 3 is 1.93 bits per heavy atom. The summed E-state index contributed by atoms with van der Waals surface area (Å²) in [6.07, 6.45) is 1.30. The molecular weight excluding hydrogens is 184 g/mol. The standard InChI is InChI=1S/C13H28N2/c1-12(2,3)13(4,5)15-9-7-8-14(6)10-11-15/h7-11H2,1-6H3. The zero-order valence-electron chi connectivity index (χ0n) is 11.4. The van der Waals surface area contributed by atoms with E-state index in [1.54, 1.807) is 0 Å². The first kappa shape index (κ1) is 13.0. The first-order valence-corrected chi connectivity index (χ1v) is 6.19. The first-order valence-electron chi connectivity index (χ1n) is 6.19. The Morgan fingerprint density at radius 2 is 1.40 bits per heavy atom. The van der Waals surface area contributed by atoms with E-state index in [0.29, 0.717) is 5.41 Å². The van der Waals surface area contributed by atoms with Crippen molar-refractivity contribution in [2.75, 3.05) is 33.2 Å². The Bertz CT molecular complexity index is 203. The molecule has 0 atom stereocenters. The minimum atomic E-state index is 0.290. The Kier molecular flexibility index (Phi) is 3.83. The number of hydrogen-bond donors (Lipinski definition) is 0. The van der Waals surface area contributed by atoms with Gasteiger partial charge in [-0.05, 0) is 45.8 Å². The van der Waals surface area contributed by atoms with E-state index in [0.717, 1.165) is 0 Å². The van der Waals surface area contributed by atoms with Crippen LogP contribution in [0.2, 0.25) is 0 Å². The summed E-state index contributed by atoms with van der Waals surface area (Å²) in [5, 5.41) is 0. The van der Waals surface area contributed by atoms with E-state index in [2.05, 4.69) is 51.5 Å². The monoisotopic (exact) mass is 212 g/mol. The van der Waals surface area contributed by atoms with Crippen LogP contribution in [0.15, 0.2) is 0 Å². The van der Waals surface area contributed by atoms with Crippen molar-refractivity contribution in [1.29, 1.82) is 0 Å². The molecule has 0 N–H and O–H groups in total. The van der Waals surface area contributed by atoms with E-state index in [1.807, 2.05) is 0 Å². The summed E-state index contributed by atoms with van der Waals surface area (Å²) >= 11 is 0. The number of rotatable bonds is 1. The second-order valence-electron chi connectivity index (χ2n) is 6.45. The Labute approximate surface area is 95.6 Å². The number of nitrogens with zero attached hydrogens (tertiary/aromatic N) is 2. The summed E-state index contributed by atoms with van der Waals surface area (Å²) in [4.78, 5) is 5.11. The molecule has 0 spiro atoms. The van der Waals surface area contributed by atoms with Crippen molar-refractivity contribution in [3.63, 3.8) is 0 Å². The van der Waals surface area contributed by atoms with Crippen LogP contribution in [0.1, 0.15) is 41.0 Å². The SMILES string of the molecule is CN1CCCN(C(C)(C)C(C)(C)C)CC1. The predicted octanol–water partition coefficient (Wildman–Crippen LogP) is 2.45. The molecule has 0 saturated carbocycles. The average molecular weight is 212 g/mol. The molecule has 1 rings (SSSR count). The molecule has 0 aromatic heterocycles. The van der Waals surface area contributed by atoms with Crippen LogP contribution in [0.3, 0.4) is 0 Å². The molecule has 2 heteroatoms. The van der Waals surface area contributed by atoms with Gasteiger partial charge in [0.05, 0.1) is 0 Å². The lowest BCUT2D eigenvalue weighted by Crippen LogP contribution is -2.53. The highest BCUT2D eigenvalue weighted by Crippen LogP contribution is 2.35. The zero-order chi connectivity index (χ0) is 11.7. The second-order valence-corrected chi connectivity index (χ2v) is 6.45. The van der Waals surface area contributed by atoms with Crippen LogP contribution in [-0.2, 0) is 0 Å². The van der Waals surface area contributed by atoms with Gasteiger partial charge in [-0.2, -0.15) is 0 Å². The molecule has 0 bridgehead atoms. The zero-order valence-corrected chi connectivity index (χ0v) is 11.4. The van der Waals surface area contributed by atoms with Crippen LogP contribution < -0.4 is 0 Å². The number of hydrogen-bond acceptors (Lipinski definition) is 2. The van der Waals surface area contributed by atoms with Crippen LogP contribution in [0, 0.1) is 5.41 Å². The summed E-state index contributed by atoms with van der Waals surface area (Å²) in [6, 6.07) is 0. The third-order valence-electron chi connectivity index (χ3n) is 4.35. The fourth-order valence-electron chi connectivity index (χ4n) is 2.08. The van der Waals surface area contributed by atoms with E-state index in [4.69, 9.17) is 0 Å². The van der Waals surface area contributed by atoms with Gasteiger partial charge in [-0.3, -0.25) is 4.90 Å². The molecular formula is C13H28N2. The highest BCUT2D eigenvalue weighted by molar-refractivity contribution is 4.93. The molecule has 90 valence electrons. The lowest BCUT2D eigenvalue weighted by molar-refractivity contribution is 0.0253. The van der Waals surface area contributed by atoms with Crippen molar-refractivity contribution in [2.45, 2.75) is 46.6 Å². The maximum atomic E-state index is 2.66. The van der Waals surface area contributed by atoms with E-state index in [-0.39, 0.29) is 5.54 Å². The normalized spacial score (nSPS) is 22.8. The molecule has 0 unspecified atom stereocenters. The van der Waals surface area contributed by atoms with E-state index >= 15 is 0 Å². The highest BCUT2D eigenvalue weighted by Gasteiger charge is 2.38. The van der Waals surface area contributed by atoms with Crippen LogP contribution in [0.5, 0.6) is 0 Å². The van der Waals surface area contributed by atoms with Gasteiger partial charge >= 0.3 is 0 Å². The molecule has 1 heterocycles. The Balaban J connectivity index is 2.70. The smallest absolute Gasteiger partial charge is 0.0202 e. The molecule has 0 aromatic rings. The van der Waals surface area contributed by atoms with Gasteiger partial charge in [-0.25, -0.2) is 0 Å². The van der Waals surface area contributed by atoms with Crippen molar-refractivity contribution < 1.29 is 0 Å². The summed E-state index contributed by atoms with van der Waals surface area (Å²) in [5.41, 5.74) is 0.633. The quantitative estimate of drug-likeness (QED) is 0.659. The van der Waals surface area contributed by atoms with Crippen LogP contribution in [0.4, 0.5) is 0 Å². The predicted molar refractivity (Wildman–Crippen MR) is 67.2 cm³/mol. The van der Waals surface area contributed by atoms with Gasteiger partial charge in [0.25, 0.3) is 0 Å². The Hall–Kier alpha value is -0.0800. The highest BCUT2D eigenvalue weighted by atomic mass is 15.2. The molecule has 1 aliphatic heterocycles. The fourth-order valence-corrected chi connectivity index (χ4v) is 2.08. The van der Waals surface area contributed by atoms with Crippen LogP contribution in [-0.4, -0.2) is 48.6 Å². The first-order chi connectivity index (χ1) is 6.75. The molecule has 0 amide bonds. The lowest BCUT2D eigenvalue weighted by atomic mass is 9.75. The number of likely N-dealkylation sites (N-methyl/N-ethyl adjacent to an activating group) is 1. The van der Waals surface area contributed by atoms with Crippen molar-refractivity contribution in [2.24, 2.45) is 5.41 Å². The van der Waals surface area contributed by atoms with Crippen molar-refractivity contribution in [3.8, 4) is 0 Å². The molecule has 0 radical (unpaired) electrons. The molecule has 15 heavy (non-hydrogen) atoms. The summed E-state index contributed by atoms with van der Waals surface area (Å²) < 4.78 is 0. The van der Waals surface area contributed by atoms with E-state index < -0.39 is 0 Å². The van der Waals surface area contributed by atoms with E-state index in [9.17, 15) is 0 Å². The third-order valence-corrected chi connectivity index (χ3v) is 4.35. The van der Waals surface area contributed by atoms with Crippen LogP contribution >= 0.6 is 0 Å². The topological polar surface area (TPSA) is 6.48 Å². The molecule has 1 saturated heterocycles. The summed E-state index contributed by atoms with van der Waals surface area (Å²) in [5.74, 6) is 0. The minimum Gasteiger partial charge on any atom is -0.305 e. The van der Waals surface area contributed by atoms with Gasteiger partial charge in [-0.15, -0.1) is 0 Å². The molecule has 1 aliphatic rings. The molecule has 0 aliphatic carbocycles. The Morgan fingerprint density at radius 1 is 0.800 bits per heavy atom. The van der Waals surface area contributed by atoms with Gasteiger partial charge in [0.15, 0.2) is 0 Å². The molecule has 1 fully saturated rings. The largest absolute Gasteiger partial charge is 0.305 e. The molecule has 2 nitrogen and oxygen atoms in total. The lowest BCUT2D eigenvalue weighted by Gasteiger charge is -2.47. The minimum absolute atomic E-state index is 0.290. The van der Waals surface area contributed by atoms with Crippen molar-refractivity contribution in [1.82, 2.24) is 9.80 Å². The van der Waals surface area contributed by atoms with Gasteiger partial charge in [-0.1, -0.05) is 20.8 Å². The fraction of sp³-hybridized carbons (Fsp3) is 1.00. The van der Waals surface area contributed by atoms with Gasteiger partial charge < -0.3 is 4.90 Å². The van der Waals surface area contributed by atoms with Gasteiger partial charge in [0, 0.05) is 18.6 Å². The van der Waals surface area contributed by atoms with Crippen LogP contribution in [0.25, 0.3) is 0 Å². The third kappa shape index (κ3) is 2.94. The van der Waals surface area contributed by atoms with E-state index in [1.165, 1.54) is 32.6 Å². The maximum absolute atomic E-state index is 2.66. The van der Waals surface area contributed by atoms with Crippen molar-refractivity contribution in [3.05, 3.63) is 0 Å². The summed E-state index contributed by atoms with van der Waals surface area (Å²) in [6.45, 7) is 16.7. The van der Waals surface area contributed by atoms with Crippen molar-refractivity contribution >= 4 is 0 Å². The van der Waals surface area contributed by atoms with Gasteiger partial charge in [0.2, 0.25) is 0 Å².